The van der Waals surface area contributed by atoms with Crippen molar-refractivity contribution in [3.63, 3.8) is 0 Å². The van der Waals surface area contributed by atoms with Gasteiger partial charge < -0.3 is 24.6 Å². The van der Waals surface area contributed by atoms with Crippen LogP contribution >= 0.6 is 0 Å². The van der Waals surface area contributed by atoms with Gasteiger partial charge in [-0.15, -0.1) is 0 Å². The number of hydrogen-bond donors (Lipinski definition) is 4. The fourth-order valence-corrected chi connectivity index (χ4v) is 5.92. The van der Waals surface area contributed by atoms with Crippen LogP contribution < -0.4 is 10.8 Å². The van der Waals surface area contributed by atoms with Crippen molar-refractivity contribution in [2.45, 2.75) is 70.2 Å². The number of hydroxylamine groups is 1. The van der Waals surface area contributed by atoms with Crippen molar-refractivity contribution >= 4 is 11.8 Å². The number of hydrogen-bond acceptors (Lipinski definition) is 8. The highest BCUT2D eigenvalue weighted by molar-refractivity contribution is 5.76. The molecular weight excluding hydrogens is 586 g/mol. The zero-order valence-electron chi connectivity index (χ0n) is 26.2. The number of ether oxygens (including phenoxy) is 3. The Morgan fingerprint density at radius 3 is 2.26 bits per heavy atom. The first-order valence-electron chi connectivity index (χ1n) is 16.2. The first kappa shape index (κ1) is 33.7. The first-order valence-corrected chi connectivity index (χ1v) is 16.2. The van der Waals surface area contributed by atoms with E-state index < -0.39 is 12.2 Å². The lowest BCUT2D eigenvalue weighted by molar-refractivity contribution is -0.253. The van der Waals surface area contributed by atoms with E-state index in [9.17, 15) is 14.7 Å². The summed E-state index contributed by atoms with van der Waals surface area (Å²) in [5.41, 5.74) is 7.56. The molecule has 0 aromatic heterocycles. The molecule has 0 unspecified atom stereocenters. The number of aliphatic hydroxyl groups excluding tert-OH is 1. The van der Waals surface area contributed by atoms with E-state index in [4.69, 9.17) is 19.4 Å². The molecule has 3 aromatic rings. The van der Waals surface area contributed by atoms with Crippen molar-refractivity contribution in [2.24, 2.45) is 0 Å². The van der Waals surface area contributed by atoms with Crippen molar-refractivity contribution in [2.75, 3.05) is 32.8 Å². The Kier molecular flexibility index (Phi) is 12.7. The van der Waals surface area contributed by atoms with Crippen LogP contribution in [-0.4, -0.2) is 66.0 Å². The van der Waals surface area contributed by atoms with Gasteiger partial charge in [0.15, 0.2) is 6.29 Å². The molecule has 2 heterocycles. The fraction of sp³-hybridized carbons (Fsp3) is 0.444. The van der Waals surface area contributed by atoms with Crippen LogP contribution in [0.5, 0.6) is 0 Å². The average Bonchev–Trinajstić information content (AvgIpc) is 3.11. The van der Waals surface area contributed by atoms with E-state index in [2.05, 4.69) is 34.5 Å². The highest BCUT2D eigenvalue weighted by atomic mass is 16.7. The quantitative estimate of drug-likeness (QED) is 0.114. The van der Waals surface area contributed by atoms with Gasteiger partial charge in [0, 0.05) is 51.0 Å². The molecule has 3 atom stereocenters. The van der Waals surface area contributed by atoms with Crippen molar-refractivity contribution in [1.29, 1.82) is 0 Å². The summed E-state index contributed by atoms with van der Waals surface area (Å²) in [6.07, 6.45) is 2.73. The molecular formula is C36H45N3O7. The number of unbranched alkanes of at least 4 members (excludes halogenated alkanes) is 2. The van der Waals surface area contributed by atoms with Crippen LogP contribution in [0.25, 0.3) is 11.1 Å². The predicted molar refractivity (Wildman–Crippen MR) is 172 cm³/mol. The second kappa shape index (κ2) is 17.3. The number of nitrogens with one attached hydrogen (secondary N) is 2. The minimum atomic E-state index is -0.539. The monoisotopic (exact) mass is 631 g/mol. The van der Waals surface area contributed by atoms with E-state index in [-0.39, 0.29) is 31.1 Å². The van der Waals surface area contributed by atoms with E-state index in [1.807, 2.05) is 48.5 Å². The Balaban J connectivity index is 1.23. The summed E-state index contributed by atoms with van der Waals surface area (Å²) in [6, 6.07) is 24.3. The molecule has 2 amide bonds. The number of morpholine rings is 1. The highest BCUT2D eigenvalue weighted by Gasteiger charge is 2.33. The van der Waals surface area contributed by atoms with Crippen LogP contribution in [-0.2, 0) is 37.0 Å². The van der Waals surface area contributed by atoms with Crippen LogP contribution in [0.2, 0.25) is 0 Å². The van der Waals surface area contributed by atoms with E-state index in [0.29, 0.717) is 25.8 Å². The minimum Gasteiger partial charge on any atom is -0.392 e. The molecule has 0 radical (unpaired) electrons. The SMILES string of the molecule is O=C(CCCCCC(=O)NCc1cccc(-c2cccc([C@@H]3O[C@H](CN4CCOCC4)C[C@H](c4ccc(CO)cc4)O3)c2)c1)NO. The number of rotatable bonds is 14. The largest absolute Gasteiger partial charge is 0.392 e. The second-order valence-electron chi connectivity index (χ2n) is 12.0. The molecule has 246 valence electrons. The van der Waals surface area contributed by atoms with Gasteiger partial charge in [0.25, 0.3) is 0 Å². The zero-order chi connectivity index (χ0) is 32.1. The van der Waals surface area contributed by atoms with Crippen molar-refractivity contribution < 1.29 is 34.1 Å². The lowest BCUT2D eigenvalue weighted by atomic mass is 9.98. The van der Waals surface area contributed by atoms with Gasteiger partial charge in [-0.1, -0.05) is 67.1 Å². The van der Waals surface area contributed by atoms with Crippen molar-refractivity contribution in [1.82, 2.24) is 15.7 Å². The molecule has 2 aliphatic heterocycles. The number of carbonyl (C=O) groups is 2. The third kappa shape index (κ3) is 9.93. The lowest BCUT2D eigenvalue weighted by Gasteiger charge is -2.39. The van der Waals surface area contributed by atoms with Gasteiger partial charge in [-0.3, -0.25) is 19.7 Å². The van der Waals surface area contributed by atoms with Crippen LogP contribution in [0.15, 0.2) is 72.8 Å². The third-order valence-electron chi connectivity index (χ3n) is 8.52. The number of nitrogens with zero attached hydrogens (tertiary/aromatic N) is 1. The van der Waals surface area contributed by atoms with E-state index >= 15 is 0 Å². The van der Waals surface area contributed by atoms with E-state index in [1.54, 1.807) is 5.48 Å². The molecule has 3 aromatic carbocycles. The highest BCUT2D eigenvalue weighted by Crippen LogP contribution is 2.39. The first-order chi connectivity index (χ1) is 22.5. The maximum Gasteiger partial charge on any atom is 0.243 e. The third-order valence-corrected chi connectivity index (χ3v) is 8.52. The topological polar surface area (TPSA) is 130 Å². The van der Waals surface area contributed by atoms with Gasteiger partial charge in [-0.2, -0.15) is 0 Å². The summed E-state index contributed by atoms with van der Waals surface area (Å²) >= 11 is 0. The molecule has 0 aliphatic carbocycles. The van der Waals surface area contributed by atoms with Crippen molar-refractivity contribution in [3.05, 3.63) is 95.1 Å². The molecule has 2 saturated heterocycles. The molecule has 46 heavy (non-hydrogen) atoms. The normalized spacial score (nSPS) is 20.3. The number of benzene rings is 3. The number of amides is 2. The Morgan fingerprint density at radius 2 is 1.52 bits per heavy atom. The summed E-state index contributed by atoms with van der Waals surface area (Å²) in [6.45, 7) is 4.48. The second-order valence-corrected chi connectivity index (χ2v) is 12.0. The maximum atomic E-state index is 12.4. The van der Waals surface area contributed by atoms with Gasteiger partial charge in [-0.25, -0.2) is 5.48 Å². The Labute approximate surface area is 270 Å². The summed E-state index contributed by atoms with van der Waals surface area (Å²) in [5.74, 6) is -0.436. The molecule has 0 saturated carbocycles. The number of aliphatic hydroxyl groups is 1. The molecule has 2 aliphatic rings. The van der Waals surface area contributed by atoms with Crippen LogP contribution in [0.1, 0.15) is 73.2 Å². The summed E-state index contributed by atoms with van der Waals surface area (Å²) in [5, 5.41) is 21.1. The molecule has 4 N–H and O–H groups in total. The molecule has 10 heteroatoms. The summed E-state index contributed by atoms with van der Waals surface area (Å²) in [4.78, 5) is 25.9. The van der Waals surface area contributed by atoms with Crippen LogP contribution in [0, 0.1) is 0 Å². The van der Waals surface area contributed by atoms with Crippen LogP contribution in [0.4, 0.5) is 0 Å². The Bertz CT molecular complexity index is 1410. The molecule has 2 fully saturated rings. The van der Waals surface area contributed by atoms with E-state index in [1.165, 1.54) is 0 Å². The van der Waals surface area contributed by atoms with Gasteiger partial charge in [-0.05, 0) is 52.8 Å². The lowest BCUT2D eigenvalue weighted by Crippen LogP contribution is -2.44. The summed E-state index contributed by atoms with van der Waals surface area (Å²) < 4.78 is 18.7. The predicted octanol–water partition coefficient (Wildman–Crippen LogP) is 4.80. The summed E-state index contributed by atoms with van der Waals surface area (Å²) in [7, 11) is 0. The minimum absolute atomic E-state index is 0.00656. The maximum absolute atomic E-state index is 12.4. The fourth-order valence-electron chi connectivity index (χ4n) is 5.92. The Hall–Kier alpha value is -3.64. The average molecular weight is 632 g/mol. The smallest absolute Gasteiger partial charge is 0.243 e. The zero-order valence-corrected chi connectivity index (χ0v) is 26.2. The number of carbonyl (C=O) groups excluding carboxylic acids is 2. The Morgan fingerprint density at radius 1 is 0.804 bits per heavy atom. The molecule has 0 spiro atoms. The van der Waals surface area contributed by atoms with Gasteiger partial charge in [0.1, 0.15) is 0 Å². The van der Waals surface area contributed by atoms with Gasteiger partial charge >= 0.3 is 0 Å². The molecule has 5 rings (SSSR count). The van der Waals surface area contributed by atoms with Gasteiger partial charge in [0.05, 0.1) is 32.0 Å². The molecule has 0 bridgehead atoms. The molecule has 10 nitrogen and oxygen atoms in total. The van der Waals surface area contributed by atoms with Crippen molar-refractivity contribution in [3.8, 4) is 11.1 Å². The standard InChI is InChI=1S/C36H45N3O7/c40-25-26-12-14-28(15-13-26)33-22-32(24-39-16-18-44-19-17-39)45-36(46-33)31-9-5-8-30(21-31)29-7-4-6-27(20-29)23-37-34(41)10-2-1-3-11-35(42)38-43/h4-9,12-15,20-21,32-33,36,40,43H,1-3,10-11,16-19,22-25H2,(H,37,41)(H,38,42)/t32-,33+,36+/m0/s1. The van der Waals surface area contributed by atoms with Gasteiger partial charge in [0.2, 0.25) is 11.8 Å². The van der Waals surface area contributed by atoms with E-state index in [0.717, 1.165) is 79.1 Å². The van der Waals surface area contributed by atoms with Crippen LogP contribution in [0.3, 0.4) is 0 Å².